The smallest absolute Gasteiger partial charge is 0.140 e. The summed E-state index contributed by atoms with van der Waals surface area (Å²) in [5.41, 5.74) is 1.87. The van der Waals surface area contributed by atoms with Gasteiger partial charge in [0.2, 0.25) is 0 Å². The molecular formula is C12H7BrFN3O. The van der Waals surface area contributed by atoms with E-state index in [0.717, 1.165) is 0 Å². The summed E-state index contributed by atoms with van der Waals surface area (Å²) < 4.78 is 13.7. The number of hydrogen-bond acceptors (Lipinski definition) is 3. The van der Waals surface area contributed by atoms with Gasteiger partial charge in [0.25, 0.3) is 0 Å². The highest BCUT2D eigenvalue weighted by atomic mass is 79.9. The molecule has 0 aliphatic carbocycles. The number of aromatic nitrogens is 3. The number of nitrogens with zero attached hydrogens (tertiary/aromatic N) is 2. The van der Waals surface area contributed by atoms with Gasteiger partial charge in [-0.3, -0.25) is 4.98 Å². The quantitative estimate of drug-likeness (QED) is 0.725. The summed E-state index contributed by atoms with van der Waals surface area (Å²) in [6, 6.07) is 4.50. The van der Waals surface area contributed by atoms with Crippen LogP contribution in [0, 0.1) is 5.82 Å². The van der Waals surface area contributed by atoms with Crippen LogP contribution >= 0.6 is 15.9 Å². The average molecular weight is 308 g/mol. The summed E-state index contributed by atoms with van der Waals surface area (Å²) in [7, 11) is 0. The fourth-order valence-corrected chi connectivity index (χ4v) is 2.03. The largest absolute Gasteiger partial charge is 0.506 e. The predicted molar refractivity (Wildman–Crippen MR) is 68.6 cm³/mol. The normalized spacial score (nSPS) is 11.0. The molecule has 0 unspecified atom stereocenters. The van der Waals surface area contributed by atoms with Crippen LogP contribution in [0.1, 0.15) is 0 Å². The lowest BCUT2D eigenvalue weighted by Crippen LogP contribution is -1.81. The van der Waals surface area contributed by atoms with Crippen LogP contribution in [-0.2, 0) is 0 Å². The summed E-state index contributed by atoms with van der Waals surface area (Å²) in [5.74, 6) is 0.234. The van der Waals surface area contributed by atoms with Gasteiger partial charge >= 0.3 is 0 Å². The lowest BCUT2D eigenvalue weighted by Gasteiger charge is -1.95. The van der Waals surface area contributed by atoms with Gasteiger partial charge in [-0.15, -0.1) is 0 Å². The molecule has 2 heterocycles. The Hall–Kier alpha value is -1.95. The molecule has 1 aromatic carbocycles. The van der Waals surface area contributed by atoms with Crippen LogP contribution in [0.2, 0.25) is 0 Å². The van der Waals surface area contributed by atoms with E-state index in [1.54, 1.807) is 12.3 Å². The number of imidazole rings is 1. The van der Waals surface area contributed by atoms with Gasteiger partial charge in [0, 0.05) is 17.8 Å². The Balaban J connectivity index is 2.19. The van der Waals surface area contributed by atoms with Crippen molar-refractivity contribution in [2.75, 3.05) is 0 Å². The van der Waals surface area contributed by atoms with Gasteiger partial charge in [-0.25, -0.2) is 9.37 Å². The maximum Gasteiger partial charge on any atom is 0.140 e. The third-order valence-electron chi connectivity index (χ3n) is 2.52. The monoisotopic (exact) mass is 307 g/mol. The van der Waals surface area contributed by atoms with Crippen LogP contribution < -0.4 is 0 Å². The number of aromatic hydroxyl groups is 1. The maximum atomic E-state index is 13.4. The molecule has 0 bridgehead atoms. The average Bonchev–Trinajstić information content (AvgIpc) is 2.73. The van der Waals surface area contributed by atoms with Gasteiger partial charge in [0.15, 0.2) is 0 Å². The second kappa shape index (κ2) is 4.06. The zero-order valence-electron chi connectivity index (χ0n) is 8.98. The van der Waals surface area contributed by atoms with E-state index in [9.17, 15) is 9.50 Å². The molecule has 6 heteroatoms. The fraction of sp³-hybridized carbons (Fsp3) is 0. The van der Waals surface area contributed by atoms with Crippen molar-refractivity contribution in [1.82, 2.24) is 15.0 Å². The number of fused-ring (bicyclic) bond motifs is 1. The van der Waals surface area contributed by atoms with Gasteiger partial charge in [-0.05, 0) is 28.1 Å². The van der Waals surface area contributed by atoms with Gasteiger partial charge in [-0.2, -0.15) is 0 Å². The minimum Gasteiger partial charge on any atom is -0.506 e. The summed E-state index contributed by atoms with van der Waals surface area (Å²) in [5, 5.41) is 9.37. The molecule has 0 saturated heterocycles. The van der Waals surface area contributed by atoms with Gasteiger partial charge < -0.3 is 10.1 Å². The van der Waals surface area contributed by atoms with E-state index in [0.29, 0.717) is 26.9 Å². The molecule has 3 rings (SSSR count). The second-order valence-electron chi connectivity index (χ2n) is 3.80. The number of benzene rings is 1. The van der Waals surface area contributed by atoms with Crippen LogP contribution in [0.4, 0.5) is 4.39 Å². The maximum absolute atomic E-state index is 13.4. The summed E-state index contributed by atoms with van der Waals surface area (Å²) >= 11 is 3.11. The number of nitrogens with one attached hydrogen (secondary N) is 1. The molecule has 0 radical (unpaired) electrons. The Morgan fingerprint density at radius 1 is 1.22 bits per heavy atom. The van der Waals surface area contributed by atoms with Crippen LogP contribution in [0.3, 0.4) is 0 Å². The Labute approximate surface area is 110 Å². The molecule has 90 valence electrons. The number of aromatic amines is 1. The highest BCUT2D eigenvalue weighted by Crippen LogP contribution is 2.26. The standard InChI is InChI=1S/C12H7BrFN3O/c13-8-2-10-11(3-9(8)14)17-12(16-10)6-1-7(18)5-15-4-6/h1-5,18H,(H,16,17). The minimum atomic E-state index is -0.355. The number of H-pyrrole nitrogens is 1. The summed E-state index contributed by atoms with van der Waals surface area (Å²) in [4.78, 5) is 11.2. The van der Waals surface area contributed by atoms with Crippen LogP contribution in [0.15, 0.2) is 35.1 Å². The molecule has 0 atom stereocenters. The van der Waals surface area contributed by atoms with Crippen molar-refractivity contribution in [3.05, 3.63) is 40.9 Å². The predicted octanol–water partition coefficient (Wildman–Crippen LogP) is 3.23. The first-order valence-electron chi connectivity index (χ1n) is 5.12. The molecule has 18 heavy (non-hydrogen) atoms. The van der Waals surface area contributed by atoms with E-state index < -0.39 is 0 Å². The Bertz CT molecular complexity index is 702. The zero-order chi connectivity index (χ0) is 12.7. The number of halogens is 2. The van der Waals surface area contributed by atoms with E-state index in [2.05, 4.69) is 30.9 Å². The van der Waals surface area contributed by atoms with Crippen molar-refractivity contribution >= 4 is 27.0 Å². The van der Waals surface area contributed by atoms with Crippen molar-refractivity contribution in [2.45, 2.75) is 0 Å². The number of hydrogen-bond donors (Lipinski definition) is 2. The van der Waals surface area contributed by atoms with E-state index >= 15 is 0 Å². The molecule has 2 N–H and O–H groups in total. The fourth-order valence-electron chi connectivity index (χ4n) is 1.70. The van der Waals surface area contributed by atoms with Crippen LogP contribution in [0.5, 0.6) is 5.75 Å². The Kier molecular flexibility index (Phi) is 2.52. The zero-order valence-corrected chi connectivity index (χ0v) is 10.6. The van der Waals surface area contributed by atoms with E-state index in [1.807, 2.05) is 0 Å². The van der Waals surface area contributed by atoms with Crippen molar-refractivity contribution in [3.8, 4) is 17.1 Å². The first-order chi connectivity index (χ1) is 8.63. The van der Waals surface area contributed by atoms with Crippen molar-refractivity contribution < 1.29 is 9.50 Å². The molecule has 2 aromatic heterocycles. The van der Waals surface area contributed by atoms with Crippen molar-refractivity contribution in [2.24, 2.45) is 0 Å². The lowest BCUT2D eigenvalue weighted by atomic mass is 10.2. The molecule has 0 aliphatic heterocycles. The number of rotatable bonds is 1. The molecule has 0 aliphatic rings. The van der Waals surface area contributed by atoms with Crippen molar-refractivity contribution in [1.29, 1.82) is 0 Å². The van der Waals surface area contributed by atoms with Gasteiger partial charge in [-0.1, -0.05) is 0 Å². The minimum absolute atomic E-state index is 0.0558. The van der Waals surface area contributed by atoms with E-state index in [-0.39, 0.29) is 11.6 Å². The molecule has 4 nitrogen and oxygen atoms in total. The van der Waals surface area contributed by atoms with Crippen LogP contribution in [-0.4, -0.2) is 20.1 Å². The summed E-state index contributed by atoms with van der Waals surface area (Å²) in [6.07, 6.45) is 2.91. The molecule has 0 spiro atoms. The van der Waals surface area contributed by atoms with Crippen LogP contribution in [0.25, 0.3) is 22.4 Å². The van der Waals surface area contributed by atoms with E-state index in [1.165, 1.54) is 18.3 Å². The second-order valence-corrected chi connectivity index (χ2v) is 4.66. The highest BCUT2D eigenvalue weighted by molar-refractivity contribution is 9.10. The molecular weight excluding hydrogens is 301 g/mol. The van der Waals surface area contributed by atoms with Gasteiger partial charge in [0.1, 0.15) is 17.4 Å². The van der Waals surface area contributed by atoms with E-state index in [4.69, 9.17) is 0 Å². The molecule has 0 fully saturated rings. The number of pyridine rings is 1. The molecule has 0 amide bonds. The molecule has 3 aromatic rings. The third-order valence-corrected chi connectivity index (χ3v) is 3.13. The first-order valence-corrected chi connectivity index (χ1v) is 5.92. The Morgan fingerprint density at radius 3 is 2.83 bits per heavy atom. The lowest BCUT2D eigenvalue weighted by molar-refractivity contribution is 0.473. The van der Waals surface area contributed by atoms with Gasteiger partial charge in [0.05, 0.1) is 21.7 Å². The summed E-state index contributed by atoms with van der Waals surface area (Å²) in [6.45, 7) is 0. The molecule has 0 saturated carbocycles. The third kappa shape index (κ3) is 1.84. The first kappa shape index (κ1) is 11.2. The van der Waals surface area contributed by atoms with Crippen molar-refractivity contribution in [3.63, 3.8) is 0 Å². The highest BCUT2D eigenvalue weighted by Gasteiger charge is 2.09. The topological polar surface area (TPSA) is 61.8 Å². The Morgan fingerprint density at radius 2 is 2.06 bits per heavy atom. The SMILES string of the molecule is Oc1cncc(-c2nc3cc(Br)c(F)cc3[nH]2)c1.